The fraction of sp³-hybridized carbons (Fsp3) is 0.185. The fourth-order valence-corrected chi connectivity index (χ4v) is 4.68. The maximum absolute atomic E-state index is 12.6. The molecule has 0 aliphatic carbocycles. The summed E-state index contributed by atoms with van der Waals surface area (Å²) in [5.41, 5.74) is 1.76. The van der Waals surface area contributed by atoms with E-state index in [1.54, 1.807) is 53.4 Å². The van der Waals surface area contributed by atoms with Gasteiger partial charge in [0.25, 0.3) is 0 Å². The van der Waals surface area contributed by atoms with Crippen molar-refractivity contribution in [2.24, 2.45) is 0 Å². The number of aliphatic hydroxyl groups is 1. The highest BCUT2D eigenvalue weighted by molar-refractivity contribution is 7.09. The van der Waals surface area contributed by atoms with E-state index in [4.69, 9.17) is 10.00 Å². The minimum atomic E-state index is -0.952. The highest BCUT2D eigenvalue weighted by Gasteiger charge is 2.25. The van der Waals surface area contributed by atoms with Crippen LogP contribution in [0.1, 0.15) is 23.1 Å². The lowest BCUT2D eigenvalue weighted by Gasteiger charge is -2.34. The highest BCUT2D eigenvalue weighted by Crippen LogP contribution is 2.28. The number of anilines is 2. The molecule has 5 rings (SSSR count). The summed E-state index contributed by atoms with van der Waals surface area (Å²) in [4.78, 5) is 21.0. The number of benzene rings is 3. The number of nitriles is 1. The van der Waals surface area contributed by atoms with Crippen LogP contribution < -0.4 is 15.0 Å². The van der Waals surface area contributed by atoms with Crippen LogP contribution in [-0.4, -0.2) is 51.6 Å². The normalized spacial score (nSPS) is 14.1. The van der Waals surface area contributed by atoms with Gasteiger partial charge in [-0.1, -0.05) is 36.4 Å². The number of rotatable bonds is 6. The summed E-state index contributed by atoms with van der Waals surface area (Å²) in [5, 5.41) is 23.4. The maximum atomic E-state index is 12.6. The van der Waals surface area contributed by atoms with E-state index in [1.165, 1.54) is 11.5 Å². The Bertz CT molecular complexity index is 1400. The van der Waals surface area contributed by atoms with Crippen LogP contribution in [-0.2, 0) is 0 Å². The Labute approximate surface area is 218 Å². The lowest BCUT2D eigenvalue weighted by molar-refractivity contribution is 0.208. The number of nitrogens with zero attached hydrogens (tertiary/aromatic N) is 5. The molecule has 1 aliphatic heterocycles. The van der Waals surface area contributed by atoms with Crippen LogP contribution in [0.2, 0.25) is 0 Å². The summed E-state index contributed by atoms with van der Waals surface area (Å²) in [5.74, 6) is 1.76. The molecule has 2 N–H and O–H groups in total. The third kappa shape index (κ3) is 5.86. The van der Waals surface area contributed by atoms with E-state index in [0.717, 1.165) is 5.75 Å². The van der Waals surface area contributed by atoms with Crippen molar-refractivity contribution in [3.8, 4) is 17.6 Å². The summed E-state index contributed by atoms with van der Waals surface area (Å²) in [6, 6.07) is 25.4. The van der Waals surface area contributed by atoms with Crippen molar-refractivity contribution in [1.82, 2.24) is 14.3 Å². The lowest BCUT2D eigenvalue weighted by atomic mass is 10.1. The second-order valence-corrected chi connectivity index (χ2v) is 9.15. The Kier molecular flexibility index (Phi) is 7.26. The number of hydrogen-bond donors (Lipinski definition) is 2. The van der Waals surface area contributed by atoms with Gasteiger partial charge in [-0.2, -0.15) is 9.64 Å². The predicted octanol–water partition coefficient (Wildman–Crippen LogP) is 4.64. The first-order chi connectivity index (χ1) is 18.1. The van der Waals surface area contributed by atoms with Crippen molar-refractivity contribution in [2.45, 2.75) is 6.10 Å². The van der Waals surface area contributed by atoms with Gasteiger partial charge in [0.15, 0.2) is 5.82 Å². The van der Waals surface area contributed by atoms with Gasteiger partial charge in [0.1, 0.15) is 17.6 Å². The van der Waals surface area contributed by atoms with Gasteiger partial charge in [-0.3, -0.25) is 0 Å². The summed E-state index contributed by atoms with van der Waals surface area (Å²) < 4.78 is 10.2. The molecule has 186 valence electrons. The molecule has 1 fully saturated rings. The standard InChI is InChI=1S/C27H24N6O3S/c28-18-19-5-4-6-21(17-19)29-26(35)32-13-15-33(16-14-32)27-30-25(31-37-27)24(34)20-9-11-23(12-10-20)36-22-7-2-1-3-8-22/h1-12,17,24,34H,13-16H2,(H,29,35). The number of aliphatic hydroxyl groups excluding tert-OH is 1. The number of urea groups is 1. The molecular formula is C27H24N6O3S. The van der Waals surface area contributed by atoms with Crippen LogP contribution in [0.5, 0.6) is 11.5 Å². The molecule has 10 heteroatoms. The summed E-state index contributed by atoms with van der Waals surface area (Å²) in [6.07, 6.45) is -0.952. The van der Waals surface area contributed by atoms with Crippen LogP contribution in [0, 0.1) is 11.3 Å². The number of amides is 2. The smallest absolute Gasteiger partial charge is 0.321 e. The van der Waals surface area contributed by atoms with Gasteiger partial charge in [-0.05, 0) is 48.0 Å². The average Bonchev–Trinajstić information content (AvgIpc) is 3.44. The molecule has 0 spiro atoms. The number of nitrogens with one attached hydrogen (secondary N) is 1. The number of piperazine rings is 1. The van der Waals surface area contributed by atoms with Gasteiger partial charge in [0.05, 0.1) is 11.6 Å². The Morgan fingerprint density at radius 3 is 2.46 bits per heavy atom. The zero-order valence-electron chi connectivity index (χ0n) is 19.8. The van der Waals surface area contributed by atoms with Gasteiger partial charge in [-0.15, -0.1) is 0 Å². The van der Waals surface area contributed by atoms with Crippen molar-refractivity contribution in [3.05, 3.63) is 95.8 Å². The quantitative estimate of drug-likeness (QED) is 0.387. The van der Waals surface area contributed by atoms with Crippen molar-refractivity contribution in [1.29, 1.82) is 5.26 Å². The van der Waals surface area contributed by atoms with Crippen LogP contribution >= 0.6 is 11.5 Å². The zero-order chi connectivity index (χ0) is 25.6. The number of carbonyl (C=O) groups excluding carboxylic acids is 1. The number of aromatic nitrogens is 2. The Balaban J connectivity index is 1.15. The molecule has 3 aromatic carbocycles. The monoisotopic (exact) mass is 512 g/mol. The molecule has 2 amide bonds. The van der Waals surface area contributed by atoms with E-state index in [9.17, 15) is 9.90 Å². The first-order valence-corrected chi connectivity index (χ1v) is 12.5. The molecule has 1 saturated heterocycles. The first-order valence-electron chi connectivity index (χ1n) is 11.7. The number of carbonyl (C=O) groups is 1. The van der Waals surface area contributed by atoms with Crippen molar-refractivity contribution >= 4 is 28.4 Å². The fourth-order valence-electron chi connectivity index (χ4n) is 3.93. The molecule has 2 heterocycles. The highest BCUT2D eigenvalue weighted by atomic mass is 32.1. The van der Waals surface area contributed by atoms with Crippen molar-refractivity contribution in [2.75, 3.05) is 36.4 Å². The number of ether oxygens (including phenoxy) is 1. The maximum Gasteiger partial charge on any atom is 0.321 e. The van der Waals surface area contributed by atoms with Crippen LogP contribution in [0.25, 0.3) is 0 Å². The third-order valence-corrected chi connectivity index (χ3v) is 6.72. The molecule has 1 atom stereocenters. The van der Waals surface area contributed by atoms with E-state index in [0.29, 0.717) is 59.7 Å². The second-order valence-electron chi connectivity index (χ2n) is 8.42. The zero-order valence-corrected chi connectivity index (χ0v) is 20.6. The second kappa shape index (κ2) is 11.1. The van der Waals surface area contributed by atoms with Gasteiger partial charge in [0, 0.05) is 43.4 Å². The Hall–Kier alpha value is -4.46. The Morgan fingerprint density at radius 1 is 1.00 bits per heavy atom. The largest absolute Gasteiger partial charge is 0.457 e. The van der Waals surface area contributed by atoms with Crippen LogP contribution in [0.15, 0.2) is 78.9 Å². The van der Waals surface area contributed by atoms with Gasteiger partial charge < -0.3 is 25.0 Å². The minimum Gasteiger partial charge on any atom is -0.457 e. The molecule has 37 heavy (non-hydrogen) atoms. The van der Waals surface area contributed by atoms with Gasteiger partial charge in [0.2, 0.25) is 5.13 Å². The predicted molar refractivity (Wildman–Crippen MR) is 141 cm³/mol. The lowest BCUT2D eigenvalue weighted by Crippen LogP contribution is -2.50. The molecule has 9 nitrogen and oxygen atoms in total. The summed E-state index contributed by atoms with van der Waals surface area (Å²) in [6.45, 7) is 2.23. The van der Waals surface area contributed by atoms with E-state index in [-0.39, 0.29) is 6.03 Å². The van der Waals surface area contributed by atoms with Gasteiger partial charge >= 0.3 is 6.03 Å². The SMILES string of the molecule is N#Cc1cccc(NC(=O)N2CCN(c3nc(C(O)c4ccc(Oc5ccccc5)cc4)ns3)CC2)c1. The van der Waals surface area contributed by atoms with Gasteiger partial charge in [-0.25, -0.2) is 9.78 Å². The molecule has 1 aliphatic rings. The molecular weight excluding hydrogens is 488 g/mol. The van der Waals surface area contributed by atoms with E-state index in [2.05, 4.69) is 25.6 Å². The number of para-hydroxylation sites is 1. The van der Waals surface area contributed by atoms with Crippen molar-refractivity contribution < 1.29 is 14.6 Å². The molecule has 1 unspecified atom stereocenters. The summed E-state index contributed by atoms with van der Waals surface area (Å²) in [7, 11) is 0. The van der Waals surface area contributed by atoms with Crippen molar-refractivity contribution in [3.63, 3.8) is 0 Å². The molecule has 0 radical (unpaired) electrons. The Morgan fingerprint density at radius 2 is 1.73 bits per heavy atom. The minimum absolute atomic E-state index is 0.206. The van der Waals surface area contributed by atoms with Crippen LogP contribution in [0.4, 0.5) is 15.6 Å². The van der Waals surface area contributed by atoms with Crippen LogP contribution in [0.3, 0.4) is 0 Å². The molecule has 1 aromatic heterocycles. The number of hydrogen-bond acceptors (Lipinski definition) is 8. The van der Waals surface area contributed by atoms with E-state index in [1.807, 2.05) is 30.3 Å². The summed E-state index contributed by atoms with van der Waals surface area (Å²) >= 11 is 1.23. The topological polar surface area (TPSA) is 115 Å². The molecule has 0 bridgehead atoms. The van der Waals surface area contributed by atoms with E-state index >= 15 is 0 Å². The molecule has 0 saturated carbocycles. The molecule has 4 aromatic rings. The average molecular weight is 513 g/mol. The third-order valence-electron chi connectivity index (χ3n) is 5.93. The van der Waals surface area contributed by atoms with E-state index < -0.39 is 6.10 Å². The first kappa shape index (κ1) is 24.2.